The van der Waals surface area contributed by atoms with Crippen molar-refractivity contribution in [3.05, 3.63) is 41.3 Å². The van der Waals surface area contributed by atoms with Crippen molar-refractivity contribution in [2.45, 2.75) is 82.6 Å². The maximum Gasteiger partial charge on any atom is 0.321 e. The van der Waals surface area contributed by atoms with Crippen LogP contribution in [0.4, 0.5) is 14.9 Å². The normalized spacial score (nSPS) is 21.7. The van der Waals surface area contributed by atoms with Crippen molar-refractivity contribution in [1.29, 1.82) is 0 Å². The third-order valence-electron chi connectivity index (χ3n) is 8.04. The molecule has 7 nitrogen and oxygen atoms in total. The SMILES string of the molecule is CC(C)N1CCC(c2cccc(F)c2NC(=O)N2CCC(C)(c3noc(C4CC4)n3)CC2)CC1. The Bertz CT molecular complexity index is 1020. The van der Waals surface area contributed by atoms with E-state index in [1.165, 1.54) is 6.07 Å². The molecule has 34 heavy (non-hydrogen) atoms. The largest absolute Gasteiger partial charge is 0.339 e. The number of amides is 2. The number of benzene rings is 1. The summed E-state index contributed by atoms with van der Waals surface area (Å²) in [7, 11) is 0. The van der Waals surface area contributed by atoms with Gasteiger partial charge in [0.15, 0.2) is 5.82 Å². The van der Waals surface area contributed by atoms with Gasteiger partial charge in [0.25, 0.3) is 0 Å². The van der Waals surface area contributed by atoms with Gasteiger partial charge < -0.3 is 19.6 Å². The number of piperidine rings is 2. The Morgan fingerprint density at radius 1 is 1.12 bits per heavy atom. The zero-order valence-corrected chi connectivity index (χ0v) is 20.5. The minimum Gasteiger partial charge on any atom is -0.339 e. The summed E-state index contributed by atoms with van der Waals surface area (Å²) in [5, 5.41) is 7.17. The van der Waals surface area contributed by atoms with E-state index in [9.17, 15) is 9.18 Å². The lowest BCUT2D eigenvalue weighted by Crippen LogP contribution is -2.46. The molecule has 1 N–H and O–H groups in total. The fourth-order valence-corrected chi connectivity index (χ4v) is 5.33. The van der Waals surface area contributed by atoms with Gasteiger partial charge in [0, 0.05) is 30.5 Å². The Morgan fingerprint density at radius 2 is 1.82 bits per heavy atom. The number of hydrogen-bond acceptors (Lipinski definition) is 5. The standard InChI is InChI=1S/C26H36FN5O2/c1-17(2)31-13-9-18(10-14-31)20-5-4-6-21(27)22(20)28-25(33)32-15-11-26(3,12-16-32)24-29-23(34-30-24)19-7-8-19/h4-6,17-19H,7-16H2,1-3H3,(H,28,33). The number of nitrogens with one attached hydrogen (secondary N) is 1. The van der Waals surface area contributed by atoms with Gasteiger partial charge in [-0.2, -0.15) is 4.98 Å². The van der Waals surface area contributed by atoms with Crippen molar-refractivity contribution in [3.63, 3.8) is 0 Å². The van der Waals surface area contributed by atoms with Crippen LogP contribution in [0.2, 0.25) is 0 Å². The van der Waals surface area contributed by atoms with Gasteiger partial charge in [-0.3, -0.25) is 0 Å². The molecule has 3 fully saturated rings. The third-order valence-corrected chi connectivity index (χ3v) is 8.04. The highest BCUT2D eigenvalue weighted by Crippen LogP contribution is 2.41. The number of urea groups is 1. The zero-order valence-electron chi connectivity index (χ0n) is 20.5. The number of anilines is 1. The first kappa shape index (κ1) is 23.3. The second-order valence-corrected chi connectivity index (χ2v) is 10.8. The van der Waals surface area contributed by atoms with Crippen LogP contribution in [-0.2, 0) is 5.41 Å². The van der Waals surface area contributed by atoms with E-state index in [2.05, 4.69) is 41.1 Å². The van der Waals surface area contributed by atoms with Gasteiger partial charge >= 0.3 is 6.03 Å². The van der Waals surface area contributed by atoms with Crippen LogP contribution in [0.5, 0.6) is 0 Å². The van der Waals surface area contributed by atoms with E-state index in [-0.39, 0.29) is 23.2 Å². The molecule has 0 radical (unpaired) electrons. The molecule has 184 valence electrons. The van der Waals surface area contributed by atoms with Gasteiger partial charge in [0.05, 0.1) is 5.69 Å². The summed E-state index contributed by atoms with van der Waals surface area (Å²) in [5.74, 6) is 1.83. The summed E-state index contributed by atoms with van der Waals surface area (Å²) in [6.07, 6.45) is 5.70. The smallest absolute Gasteiger partial charge is 0.321 e. The number of para-hydroxylation sites is 1. The second-order valence-electron chi connectivity index (χ2n) is 10.8. The van der Waals surface area contributed by atoms with E-state index < -0.39 is 0 Å². The molecule has 1 saturated carbocycles. The lowest BCUT2D eigenvalue weighted by molar-refractivity contribution is 0.168. The Morgan fingerprint density at radius 3 is 2.47 bits per heavy atom. The van der Waals surface area contributed by atoms with Crippen molar-refractivity contribution < 1.29 is 13.7 Å². The monoisotopic (exact) mass is 469 g/mol. The Balaban J connectivity index is 1.23. The number of nitrogens with zero attached hydrogens (tertiary/aromatic N) is 4. The quantitative estimate of drug-likeness (QED) is 0.647. The summed E-state index contributed by atoms with van der Waals surface area (Å²) < 4.78 is 20.3. The average molecular weight is 470 g/mol. The molecule has 3 aliphatic rings. The van der Waals surface area contributed by atoms with Crippen molar-refractivity contribution >= 4 is 11.7 Å². The number of rotatable bonds is 5. The first-order chi connectivity index (χ1) is 16.3. The van der Waals surface area contributed by atoms with Crippen molar-refractivity contribution in [3.8, 4) is 0 Å². The van der Waals surface area contributed by atoms with Crippen LogP contribution in [0.1, 0.15) is 88.4 Å². The highest BCUT2D eigenvalue weighted by Gasteiger charge is 2.39. The van der Waals surface area contributed by atoms with Crippen molar-refractivity contribution in [2.24, 2.45) is 0 Å². The highest BCUT2D eigenvalue weighted by atomic mass is 19.1. The van der Waals surface area contributed by atoms with E-state index >= 15 is 0 Å². The van der Waals surface area contributed by atoms with Crippen LogP contribution in [0, 0.1) is 5.82 Å². The Labute approximate surface area is 201 Å². The van der Waals surface area contributed by atoms with Crippen LogP contribution >= 0.6 is 0 Å². The average Bonchev–Trinajstić information content (AvgIpc) is 3.56. The lowest BCUT2D eigenvalue weighted by atomic mass is 9.79. The summed E-state index contributed by atoms with van der Waals surface area (Å²) >= 11 is 0. The minimum absolute atomic E-state index is 0.207. The molecule has 1 aromatic heterocycles. The molecule has 3 heterocycles. The molecule has 1 aliphatic carbocycles. The number of carbonyl (C=O) groups is 1. The molecule has 0 atom stereocenters. The van der Waals surface area contributed by atoms with Gasteiger partial charge in [0.1, 0.15) is 5.82 Å². The maximum atomic E-state index is 14.9. The zero-order chi connectivity index (χ0) is 23.9. The van der Waals surface area contributed by atoms with Crippen LogP contribution in [0.15, 0.2) is 22.7 Å². The van der Waals surface area contributed by atoms with Gasteiger partial charge in [0.2, 0.25) is 5.89 Å². The minimum atomic E-state index is -0.363. The molecular formula is C26H36FN5O2. The van der Waals surface area contributed by atoms with Gasteiger partial charge in [-0.25, -0.2) is 9.18 Å². The number of carbonyl (C=O) groups excluding carboxylic acids is 1. The molecule has 2 saturated heterocycles. The predicted octanol–water partition coefficient (Wildman–Crippen LogP) is 5.26. The Kier molecular flexibility index (Phi) is 6.35. The van der Waals surface area contributed by atoms with Gasteiger partial charge in [-0.05, 0) is 83.0 Å². The second kappa shape index (κ2) is 9.29. The topological polar surface area (TPSA) is 74.5 Å². The fraction of sp³-hybridized carbons (Fsp3) is 0.654. The third kappa shape index (κ3) is 4.69. The Hall–Kier alpha value is -2.48. The first-order valence-electron chi connectivity index (χ1n) is 12.8. The summed E-state index contributed by atoms with van der Waals surface area (Å²) in [4.78, 5) is 22.0. The highest BCUT2D eigenvalue weighted by molar-refractivity contribution is 5.90. The van der Waals surface area contributed by atoms with E-state index in [1.54, 1.807) is 11.0 Å². The van der Waals surface area contributed by atoms with Crippen molar-refractivity contribution in [1.82, 2.24) is 19.9 Å². The number of likely N-dealkylation sites (tertiary alicyclic amines) is 2. The molecule has 5 rings (SSSR count). The number of aromatic nitrogens is 2. The van der Waals surface area contributed by atoms with Crippen LogP contribution < -0.4 is 5.32 Å². The molecule has 0 bridgehead atoms. The lowest BCUT2D eigenvalue weighted by Gasteiger charge is -2.38. The molecule has 0 spiro atoms. The van der Waals surface area contributed by atoms with E-state index in [0.29, 0.717) is 30.7 Å². The first-order valence-corrected chi connectivity index (χ1v) is 12.8. The van der Waals surface area contributed by atoms with Gasteiger partial charge in [-0.1, -0.05) is 24.2 Å². The van der Waals surface area contributed by atoms with Crippen molar-refractivity contribution in [2.75, 3.05) is 31.5 Å². The van der Waals surface area contributed by atoms with Gasteiger partial charge in [-0.15, -0.1) is 0 Å². The summed E-state index contributed by atoms with van der Waals surface area (Å²) in [6, 6.07) is 5.44. The van der Waals surface area contributed by atoms with Crippen LogP contribution in [-0.4, -0.2) is 58.2 Å². The maximum absolute atomic E-state index is 14.9. The number of halogens is 1. The summed E-state index contributed by atoms with van der Waals surface area (Å²) in [6.45, 7) is 9.70. The predicted molar refractivity (Wildman–Crippen MR) is 129 cm³/mol. The van der Waals surface area contributed by atoms with E-state index in [1.807, 2.05) is 6.07 Å². The molecule has 2 aliphatic heterocycles. The molecule has 8 heteroatoms. The van der Waals surface area contributed by atoms with Crippen LogP contribution in [0.3, 0.4) is 0 Å². The van der Waals surface area contributed by atoms with Crippen LogP contribution in [0.25, 0.3) is 0 Å². The molecule has 1 aromatic carbocycles. The number of hydrogen-bond donors (Lipinski definition) is 1. The fourth-order valence-electron chi connectivity index (χ4n) is 5.33. The van der Waals surface area contributed by atoms with E-state index in [0.717, 1.165) is 68.9 Å². The molecular weight excluding hydrogens is 433 g/mol. The molecule has 2 aromatic rings. The molecule has 2 amide bonds. The molecule has 0 unspecified atom stereocenters. The van der Waals surface area contributed by atoms with E-state index in [4.69, 9.17) is 4.52 Å². The summed E-state index contributed by atoms with van der Waals surface area (Å²) in [5.41, 5.74) is 1.05.